The molecule has 0 aromatic heterocycles. The number of halogens is 2. The van der Waals surface area contributed by atoms with E-state index in [-0.39, 0.29) is 11.8 Å². The van der Waals surface area contributed by atoms with Crippen molar-refractivity contribution in [1.29, 1.82) is 0 Å². The van der Waals surface area contributed by atoms with Crippen molar-refractivity contribution in [2.45, 2.75) is 32.1 Å². The summed E-state index contributed by atoms with van der Waals surface area (Å²) in [6.45, 7) is 0. The Morgan fingerprint density at radius 1 is 1.25 bits per heavy atom. The number of hydrogen-bond acceptors (Lipinski definition) is 1. The van der Waals surface area contributed by atoms with Gasteiger partial charge in [0.2, 0.25) is 0 Å². The van der Waals surface area contributed by atoms with Gasteiger partial charge in [-0.2, -0.15) is 0 Å². The van der Waals surface area contributed by atoms with Crippen molar-refractivity contribution in [2.75, 3.05) is 0 Å². The summed E-state index contributed by atoms with van der Waals surface area (Å²) in [6, 6.07) is 0. The third-order valence-corrected chi connectivity index (χ3v) is 1.98. The number of nitrogens with one attached hydrogen (secondary N) is 1. The van der Waals surface area contributed by atoms with Gasteiger partial charge in [-0.05, 0) is 12.8 Å². The van der Waals surface area contributed by atoms with E-state index in [1.807, 2.05) is 0 Å². The van der Waals surface area contributed by atoms with Crippen LogP contribution in [0, 0.1) is 5.92 Å². The fraction of sp³-hybridized carbons (Fsp3) is 0.857. The van der Waals surface area contributed by atoms with Crippen molar-refractivity contribution < 1.29 is 21.8 Å². The smallest absolute Gasteiger partial charge is 0.0519 e. The first-order chi connectivity index (χ1) is 5.72. The zero-order valence-corrected chi connectivity index (χ0v) is 9.85. The maximum absolute atomic E-state index is 10.5. The standard InChI is InChI=1S/C7H13NO.2ClH.Ti/c8-7(9)6-4-2-1-3-5-6;;;/h6H,1-5H2,(H2,8,9);2*1H;/q;;;+2/p-3. The van der Waals surface area contributed by atoms with Crippen LogP contribution in [0.25, 0.3) is 5.73 Å². The Bertz CT molecular complexity index is 129. The van der Waals surface area contributed by atoms with E-state index in [4.69, 9.17) is 24.3 Å². The maximum Gasteiger partial charge on any atom is 0.0519 e. The van der Waals surface area contributed by atoms with Crippen LogP contribution in [0.2, 0.25) is 0 Å². The molecule has 0 aromatic rings. The summed E-state index contributed by atoms with van der Waals surface area (Å²) in [5, 5.41) is 0. The number of rotatable bonds is 1. The molecule has 1 aliphatic carbocycles. The molecule has 0 aliphatic heterocycles. The number of amides is 1. The molecule has 0 saturated heterocycles. The van der Waals surface area contributed by atoms with Crippen LogP contribution in [0.4, 0.5) is 0 Å². The molecule has 1 saturated carbocycles. The fourth-order valence-electron chi connectivity index (χ4n) is 1.36. The molecular weight excluding hydrogens is 233 g/mol. The van der Waals surface area contributed by atoms with Gasteiger partial charge in [0.1, 0.15) is 0 Å². The minimum absolute atomic E-state index is 0.0822. The van der Waals surface area contributed by atoms with E-state index in [1.54, 1.807) is 0 Å². The Kier molecular flexibility index (Phi) is 8.90. The Morgan fingerprint density at radius 3 is 1.92 bits per heavy atom. The minimum Gasteiger partial charge on any atom is -0.668 e. The van der Waals surface area contributed by atoms with Crippen LogP contribution < -0.4 is 0 Å². The molecule has 0 spiro atoms. The van der Waals surface area contributed by atoms with Crippen molar-refractivity contribution in [3.8, 4) is 0 Å². The largest absolute Gasteiger partial charge is 0.668 e. The molecule has 0 atom stereocenters. The van der Waals surface area contributed by atoms with Gasteiger partial charge in [0, 0.05) is 5.92 Å². The summed E-state index contributed by atoms with van der Waals surface area (Å²) in [5.41, 5.74) is 6.83. The van der Waals surface area contributed by atoms with Gasteiger partial charge in [-0.1, -0.05) is 19.3 Å². The van der Waals surface area contributed by atoms with Gasteiger partial charge >= 0.3 is 35.6 Å². The van der Waals surface area contributed by atoms with E-state index >= 15 is 0 Å². The van der Waals surface area contributed by atoms with Crippen LogP contribution in [-0.2, 0) is 21.8 Å². The molecule has 70 valence electrons. The van der Waals surface area contributed by atoms with Gasteiger partial charge in [0.15, 0.2) is 0 Å². The molecule has 0 aromatic carbocycles. The van der Waals surface area contributed by atoms with Crippen molar-refractivity contribution in [3.63, 3.8) is 0 Å². The quantitative estimate of drug-likeness (QED) is 0.651. The number of carbonyl (C=O) groups is 1. The molecular formula is C7H12Cl2NOTi-. The van der Waals surface area contributed by atoms with Crippen LogP contribution in [0.1, 0.15) is 32.1 Å². The fourth-order valence-corrected chi connectivity index (χ4v) is 1.36. The first-order valence-electron chi connectivity index (χ1n) is 3.94. The number of carbonyl (C=O) groups excluding carboxylic acids is 1. The van der Waals surface area contributed by atoms with E-state index in [2.05, 4.69) is 0 Å². The second-order valence-corrected chi connectivity index (χ2v) is 5.35. The monoisotopic (exact) mass is 244 g/mol. The molecule has 1 amide bonds. The normalized spacial score (nSPS) is 17.5. The van der Waals surface area contributed by atoms with Crippen molar-refractivity contribution in [3.05, 3.63) is 5.73 Å². The van der Waals surface area contributed by atoms with Crippen LogP contribution in [0.15, 0.2) is 0 Å². The van der Waals surface area contributed by atoms with E-state index < -0.39 is 17.0 Å². The first-order valence-corrected chi connectivity index (χ1v) is 8.23. The van der Waals surface area contributed by atoms with Crippen LogP contribution >= 0.6 is 18.6 Å². The first kappa shape index (κ1) is 12.8. The SMILES string of the molecule is [Cl][Ti][Cl].[NH-]C(=O)C1CCCCC1. The van der Waals surface area contributed by atoms with Crippen LogP contribution in [0.5, 0.6) is 0 Å². The minimum atomic E-state index is -0.556. The predicted molar refractivity (Wildman–Crippen MR) is 47.6 cm³/mol. The Hall–Kier alpha value is 0.764. The molecule has 0 radical (unpaired) electrons. The molecule has 0 heterocycles. The third-order valence-electron chi connectivity index (χ3n) is 1.98. The van der Waals surface area contributed by atoms with Crippen molar-refractivity contribution in [1.82, 2.24) is 0 Å². The van der Waals surface area contributed by atoms with Crippen LogP contribution in [0.3, 0.4) is 0 Å². The Morgan fingerprint density at radius 2 is 1.67 bits per heavy atom. The molecule has 1 aliphatic rings. The van der Waals surface area contributed by atoms with Gasteiger partial charge in [0.25, 0.3) is 0 Å². The second-order valence-electron chi connectivity index (χ2n) is 2.77. The third kappa shape index (κ3) is 6.30. The average Bonchev–Trinajstić information content (AvgIpc) is 2.07. The van der Waals surface area contributed by atoms with Crippen LogP contribution in [-0.4, -0.2) is 5.91 Å². The molecule has 0 unspecified atom stereocenters. The van der Waals surface area contributed by atoms with E-state index in [9.17, 15) is 4.79 Å². The molecule has 1 fully saturated rings. The van der Waals surface area contributed by atoms with Gasteiger partial charge in [0.05, 0.1) is 5.91 Å². The zero-order chi connectivity index (χ0) is 9.40. The topological polar surface area (TPSA) is 40.9 Å². The summed E-state index contributed by atoms with van der Waals surface area (Å²) in [5.74, 6) is -0.270. The Labute approximate surface area is 89.8 Å². The average molecular weight is 245 g/mol. The summed E-state index contributed by atoms with van der Waals surface area (Å²) >= 11 is -0.556. The zero-order valence-electron chi connectivity index (χ0n) is 6.78. The summed E-state index contributed by atoms with van der Waals surface area (Å²) in [7, 11) is 9.78. The second kappa shape index (κ2) is 8.37. The number of hydrogen-bond donors (Lipinski definition) is 0. The van der Waals surface area contributed by atoms with E-state index in [1.165, 1.54) is 6.42 Å². The molecule has 12 heavy (non-hydrogen) atoms. The van der Waals surface area contributed by atoms with Crippen molar-refractivity contribution in [2.24, 2.45) is 5.92 Å². The van der Waals surface area contributed by atoms with E-state index in [0.29, 0.717) is 0 Å². The molecule has 1 N–H and O–H groups in total. The summed E-state index contributed by atoms with van der Waals surface area (Å²) < 4.78 is 0. The molecule has 0 bridgehead atoms. The molecule has 5 heteroatoms. The molecule has 2 nitrogen and oxygen atoms in total. The predicted octanol–water partition coefficient (Wildman–Crippen LogP) is 3.52. The Balaban J connectivity index is 0.000000354. The van der Waals surface area contributed by atoms with E-state index in [0.717, 1.165) is 25.7 Å². The van der Waals surface area contributed by atoms with Gasteiger partial charge in [-0.3, -0.25) is 0 Å². The summed E-state index contributed by atoms with van der Waals surface area (Å²) in [4.78, 5) is 10.5. The van der Waals surface area contributed by atoms with Crippen molar-refractivity contribution >= 4 is 24.5 Å². The van der Waals surface area contributed by atoms with Gasteiger partial charge in [-0.25, -0.2) is 0 Å². The maximum atomic E-state index is 10.5. The van der Waals surface area contributed by atoms with Gasteiger partial charge in [-0.15, -0.1) is 0 Å². The molecule has 1 rings (SSSR count). The summed E-state index contributed by atoms with van der Waals surface area (Å²) in [6.07, 6.45) is 5.47. The van der Waals surface area contributed by atoms with Gasteiger partial charge < -0.3 is 10.5 Å².